The van der Waals surface area contributed by atoms with Gasteiger partial charge in [0.1, 0.15) is 0 Å². The van der Waals surface area contributed by atoms with E-state index in [2.05, 4.69) is 221 Å². The fourth-order valence-corrected chi connectivity index (χ4v) is 9.17. The van der Waals surface area contributed by atoms with Crippen molar-refractivity contribution in [1.82, 2.24) is 0 Å². The molecule has 1 nitrogen and oxygen atoms in total. The summed E-state index contributed by atoms with van der Waals surface area (Å²) in [5, 5.41) is 7.75. The Morgan fingerprint density at radius 2 is 0.727 bits per heavy atom. The van der Waals surface area contributed by atoms with E-state index in [9.17, 15) is 0 Å². The molecular weight excluding hydrogens is 663 g/mol. The highest BCUT2D eigenvalue weighted by molar-refractivity contribution is 6.25. The number of hydrogen-bond acceptors (Lipinski definition) is 1. The third kappa shape index (κ3) is 5.22. The molecule has 0 bridgehead atoms. The van der Waals surface area contributed by atoms with Crippen LogP contribution in [-0.2, 0) is 10.8 Å². The zero-order valence-electron chi connectivity index (χ0n) is 31.8. The highest BCUT2D eigenvalue weighted by Crippen LogP contribution is 2.54. The van der Waals surface area contributed by atoms with E-state index in [1.807, 2.05) is 0 Å². The minimum absolute atomic E-state index is 0.0158. The van der Waals surface area contributed by atoms with Crippen LogP contribution in [0.2, 0.25) is 0 Å². The first kappa shape index (κ1) is 33.2. The summed E-state index contributed by atoms with van der Waals surface area (Å²) in [5.41, 5.74) is 13.7. The lowest BCUT2D eigenvalue weighted by Crippen LogP contribution is -2.43. The molecule has 0 fully saturated rings. The van der Waals surface area contributed by atoms with Gasteiger partial charge in [-0.1, -0.05) is 167 Å². The summed E-state index contributed by atoms with van der Waals surface area (Å²) >= 11 is 0. The topological polar surface area (TPSA) is 3.24 Å². The number of fused-ring (bicyclic) bond motifs is 9. The second-order valence-corrected chi connectivity index (χ2v) is 16.2. The molecule has 0 saturated carbocycles. The maximum Gasteiger partial charge on any atom is 0.0467 e. The van der Waals surface area contributed by atoms with E-state index >= 15 is 0 Å². The zero-order chi connectivity index (χ0) is 37.3. The molecule has 0 aliphatic heterocycles. The Kier molecular flexibility index (Phi) is 7.58. The Morgan fingerprint density at radius 3 is 1.36 bits per heavy atom. The van der Waals surface area contributed by atoms with Crippen molar-refractivity contribution in [1.29, 1.82) is 0 Å². The van der Waals surface area contributed by atoms with Crippen molar-refractivity contribution >= 4 is 49.4 Å². The van der Waals surface area contributed by atoms with E-state index in [1.165, 1.54) is 76.8 Å². The van der Waals surface area contributed by atoms with Crippen LogP contribution in [0.5, 0.6) is 0 Å². The quantitative estimate of drug-likeness (QED) is 0.161. The Labute approximate surface area is 324 Å². The van der Waals surface area contributed by atoms with Crippen LogP contribution >= 0.6 is 0 Å². The zero-order valence-corrected chi connectivity index (χ0v) is 31.8. The van der Waals surface area contributed by atoms with Crippen molar-refractivity contribution in [2.24, 2.45) is 0 Å². The highest BCUT2D eigenvalue weighted by Gasteiger charge is 2.45. The maximum atomic E-state index is 2.45. The number of anilines is 3. The van der Waals surface area contributed by atoms with Gasteiger partial charge in [0.15, 0.2) is 0 Å². The summed E-state index contributed by atoms with van der Waals surface area (Å²) < 4.78 is 0. The van der Waals surface area contributed by atoms with Crippen molar-refractivity contribution in [3.8, 4) is 33.4 Å². The van der Waals surface area contributed by atoms with Crippen molar-refractivity contribution in [3.05, 3.63) is 199 Å². The average Bonchev–Trinajstić information content (AvgIpc) is 3.24. The van der Waals surface area contributed by atoms with E-state index in [0.29, 0.717) is 0 Å². The smallest absolute Gasteiger partial charge is 0.0467 e. The third-order valence-electron chi connectivity index (χ3n) is 12.8. The average molecular weight is 706 g/mol. The lowest BCUT2D eigenvalue weighted by atomic mass is 9.55. The molecule has 0 heterocycles. The second-order valence-electron chi connectivity index (χ2n) is 16.2. The third-order valence-corrected chi connectivity index (χ3v) is 12.8. The molecule has 0 amide bonds. The van der Waals surface area contributed by atoms with Crippen LogP contribution in [-0.4, -0.2) is 0 Å². The summed E-state index contributed by atoms with van der Waals surface area (Å²) in [5.74, 6) is 0. The summed E-state index contributed by atoms with van der Waals surface area (Å²) in [4.78, 5) is 2.39. The molecule has 0 atom stereocenters. The first-order valence-corrected chi connectivity index (χ1v) is 19.4. The molecule has 1 heteroatoms. The summed E-state index contributed by atoms with van der Waals surface area (Å²) in [6.07, 6.45) is 0. The number of nitrogens with zero attached hydrogens (tertiary/aromatic N) is 1. The van der Waals surface area contributed by atoms with E-state index in [-0.39, 0.29) is 10.8 Å². The van der Waals surface area contributed by atoms with Gasteiger partial charge in [0, 0.05) is 17.1 Å². The molecule has 0 saturated heterocycles. The Balaban J connectivity index is 1.09. The standard InChI is InChI=1S/C54H43N/c1-53(2)51-27-13-12-26-48(51)49-31-29-39(35-52(49)54(53,3)4)37-17-15-21-42(33-37)55(40-18-6-5-7-19-40)41-20-14-16-36(32-41)38-28-30-47-45-24-9-8-22-43(45)44-23-10-11-25-46(44)50(47)34-38/h5-35H,1-4H3. The fraction of sp³-hybridized carbons (Fsp3) is 0.111. The van der Waals surface area contributed by atoms with Gasteiger partial charge < -0.3 is 4.90 Å². The van der Waals surface area contributed by atoms with Gasteiger partial charge in [-0.2, -0.15) is 0 Å². The van der Waals surface area contributed by atoms with Gasteiger partial charge >= 0.3 is 0 Å². The van der Waals surface area contributed by atoms with E-state index in [4.69, 9.17) is 0 Å². The van der Waals surface area contributed by atoms with Crippen molar-refractivity contribution < 1.29 is 0 Å². The predicted molar refractivity (Wildman–Crippen MR) is 236 cm³/mol. The summed E-state index contributed by atoms with van der Waals surface area (Å²) in [6, 6.07) is 69.4. The molecular formula is C54H43N. The SMILES string of the molecule is CC1(C)c2ccccc2-c2ccc(-c3cccc(N(c4ccccc4)c4cccc(-c5ccc6c7ccccc7c7ccccc7c6c5)c4)c3)cc2C1(C)C. The van der Waals surface area contributed by atoms with Crippen LogP contribution < -0.4 is 4.90 Å². The molecule has 0 unspecified atom stereocenters. The molecule has 1 aliphatic rings. The van der Waals surface area contributed by atoms with Crippen molar-refractivity contribution in [2.75, 3.05) is 4.90 Å². The number of para-hydroxylation sites is 1. The summed E-state index contributed by atoms with van der Waals surface area (Å²) in [7, 11) is 0. The Hall–Kier alpha value is -6.44. The van der Waals surface area contributed by atoms with Gasteiger partial charge in [0.25, 0.3) is 0 Å². The van der Waals surface area contributed by atoms with E-state index < -0.39 is 0 Å². The molecule has 0 radical (unpaired) electrons. The molecule has 10 rings (SSSR count). The molecule has 9 aromatic rings. The van der Waals surface area contributed by atoms with Gasteiger partial charge in [-0.05, 0) is 136 Å². The minimum Gasteiger partial charge on any atom is -0.310 e. The van der Waals surface area contributed by atoms with E-state index in [1.54, 1.807) is 0 Å². The van der Waals surface area contributed by atoms with Gasteiger partial charge in [0.2, 0.25) is 0 Å². The number of rotatable bonds is 5. The van der Waals surface area contributed by atoms with E-state index in [0.717, 1.165) is 17.1 Å². The first-order valence-electron chi connectivity index (χ1n) is 19.4. The lowest BCUT2D eigenvalue weighted by molar-refractivity contribution is 0.299. The van der Waals surface area contributed by atoms with Gasteiger partial charge in [0.05, 0.1) is 0 Å². The molecule has 0 aromatic heterocycles. The number of benzene rings is 9. The Bertz CT molecular complexity index is 2900. The minimum atomic E-state index is -0.0526. The van der Waals surface area contributed by atoms with Crippen LogP contribution in [0.25, 0.3) is 65.7 Å². The predicted octanol–water partition coefficient (Wildman–Crippen LogP) is 15.2. The largest absolute Gasteiger partial charge is 0.310 e. The fourth-order valence-electron chi connectivity index (χ4n) is 9.17. The van der Waals surface area contributed by atoms with Crippen LogP contribution in [0.4, 0.5) is 17.1 Å². The van der Waals surface area contributed by atoms with Crippen LogP contribution in [0.1, 0.15) is 38.8 Å². The van der Waals surface area contributed by atoms with Crippen LogP contribution in [0.3, 0.4) is 0 Å². The maximum absolute atomic E-state index is 2.45. The monoisotopic (exact) mass is 705 g/mol. The molecule has 9 aromatic carbocycles. The molecule has 264 valence electrons. The number of hydrogen-bond donors (Lipinski definition) is 0. The normalized spacial score (nSPS) is 14.1. The van der Waals surface area contributed by atoms with Crippen molar-refractivity contribution in [2.45, 2.75) is 38.5 Å². The summed E-state index contributed by atoms with van der Waals surface area (Å²) in [6.45, 7) is 9.62. The van der Waals surface area contributed by atoms with Crippen LogP contribution in [0, 0.1) is 0 Å². The van der Waals surface area contributed by atoms with Crippen molar-refractivity contribution in [3.63, 3.8) is 0 Å². The molecule has 0 N–H and O–H groups in total. The lowest BCUT2D eigenvalue weighted by Gasteiger charge is -2.48. The molecule has 55 heavy (non-hydrogen) atoms. The Morgan fingerprint density at radius 1 is 0.291 bits per heavy atom. The first-order chi connectivity index (χ1) is 26.8. The van der Waals surface area contributed by atoms with Gasteiger partial charge in [-0.25, -0.2) is 0 Å². The molecule has 1 aliphatic carbocycles. The second kappa shape index (κ2) is 12.6. The van der Waals surface area contributed by atoms with Gasteiger partial charge in [-0.15, -0.1) is 0 Å². The molecule has 0 spiro atoms. The highest BCUT2D eigenvalue weighted by atomic mass is 15.1. The van der Waals surface area contributed by atoms with Gasteiger partial charge in [-0.3, -0.25) is 0 Å². The van der Waals surface area contributed by atoms with Crippen LogP contribution in [0.15, 0.2) is 188 Å².